The van der Waals surface area contributed by atoms with Gasteiger partial charge in [-0.05, 0) is 85.6 Å². The minimum Gasteiger partial charge on any atom is -0.507 e. The molecule has 25 nitrogen and oxygen atoms in total. The number of allylic oxidation sites excluding steroid dienone is 5. The minimum atomic E-state index is -4.08. The third-order valence-corrected chi connectivity index (χ3v) is 20.1. The van der Waals surface area contributed by atoms with Gasteiger partial charge in [-0.25, -0.2) is 9.59 Å². The first-order valence-electron chi connectivity index (χ1n) is 30.0. The summed E-state index contributed by atoms with van der Waals surface area (Å²) in [4.78, 5) is 60.5. The molecule has 474 valence electrons. The molecule has 25 heteroatoms. The van der Waals surface area contributed by atoms with Gasteiger partial charge >= 0.3 is 11.9 Å². The number of aliphatic hydroxyl groups excluding tert-OH is 6. The molecule has 3 aliphatic carbocycles. The number of carbonyl (C=O) groups is 3. The van der Waals surface area contributed by atoms with Gasteiger partial charge in [-0.2, -0.15) is 0 Å². The van der Waals surface area contributed by atoms with Crippen LogP contribution < -0.4 is 20.8 Å². The van der Waals surface area contributed by atoms with E-state index < -0.39 is 166 Å². The molecule has 4 aromatic rings. The molecule has 14 unspecified atom stereocenters. The molecule has 9 heterocycles. The number of hydrogen-bond acceptors (Lipinski definition) is 23. The average Bonchev–Trinajstić information content (AvgIpc) is 1.57. The van der Waals surface area contributed by atoms with Gasteiger partial charge in [0.05, 0.1) is 18.0 Å². The lowest BCUT2D eigenvalue weighted by Gasteiger charge is -2.62. The van der Waals surface area contributed by atoms with Crippen LogP contribution in [0.25, 0.3) is 22.3 Å². The number of aromatic amines is 1. The number of carboxylic acids is 1. The highest BCUT2D eigenvalue weighted by atomic mass is 16.8. The fourth-order valence-corrected chi connectivity index (χ4v) is 15.4. The monoisotopic (exact) mass is 1240 g/mol. The summed E-state index contributed by atoms with van der Waals surface area (Å²) in [5, 5.41) is 162. The van der Waals surface area contributed by atoms with Crippen molar-refractivity contribution in [3.05, 3.63) is 116 Å². The summed E-state index contributed by atoms with van der Waals surface area (Å²) >= 11 is 0. The number of aromatic nitrogens is 1. The van der Waals surface area contributed by atoms with Crippen LogP contribution in [0.15, 0.2) is 92.5 Å². The number of hydrogen-bond donors (Lipinski definition) is 16. The number of fused-ring (bicyclic) bond motifs is 9. The number of ether oxygens (including phenoxy) is 4. The Morgan fingerprint density at radius 3 is 2.43 bits per heavy atom. The predicted molar refractivity (Wildman–Crippen MR) is 310 cm³/mol. The third kappa shape index (κ3) is 8.63. The van der Waals surface area contributed by atoms with Gasteiger partial charge in [0.15, 0.2) is 34.7 Å². The molecule has 10 aliphatic rings. The zero-order chi connectivity index (χ0) is 63.8. The number of aromatic hydroxyl groups is 3. The van der Waals surface area contributed by atoms with E-state index in [0.29, 0.717) is 41.7 Å². The molecule has 7 aliphatic heterocycles. The van der Waals surface area contributed by atoms with Crippen LogP contribution in [0, 0.1) is 40.9 Å². The highest BCUT2D eigenvalue weighted by molar-refractivity contribution is 5.90. The molecule has 2 aromatic carbocycles. The average molecular weight is 1240 g/mol. The first-order chi connectivity index (χ1) is 42.9. The first-order valence-corrected chi connectivity index (χ1v) is 30.0. The quantitative estimate of drug-likeness (QED) is 0.0247. The van der Waals surface area contributed by atoms with Crippen LogP contribution in [-0.4, -0.2) is 174 Å². The van der Waals surface area contributed by atoms with Crippen LogP contribution in [0.4, 0.5) is 0 Å². The molecule has 2 aromatic heterocycles. The van der Waals surface area contributed by atoms with Gasteiger partial charge in [-0.3, -0.25) is 10.1 Å². The van der Waals surface area contributed by atoms with Gasteiger partial charge < -0.3 is 105 Å². The Balaban J connectivity index is 1.13. The normalized spacial score (nSPS) is 34.4. The highest BCUT2D eigenvalue weighted by Gasteiger charge is 2.82. The number of phenols is 3. The van der Waals surface area contributed by atoms with E-state index in [-0.39, 0.29) is 78.3 Å². The number of benzene rings is 2. The number of phenolic OH excluding ortho intramolecular Hbond substituents is 3. The van der Waals surface area contributed by atoms with Crippen molar-refractivity contribution in [1.82, 2.24) is 15.6 Å². The van der Waals surface area contributed by atoms with Crippen LogP contribution >= 0.6 is 0 Å². The Morgan fingerprint density at radius 2 is 1.71 bits per heavy atom. The van der Waals surface area contributed by atoms with Crippen molar-refractivity contribution >= 4 is 29.2 Å². The largest absolute Gasteiger partial charge is 0.507 e. The molecule has 0 amide bonds. The van der Waals surface area contributed by atoms with Gasteiger partial charge in [-0.15, -0.1) is 0 Å². The van der Waals surface area contributed by atoms with Crippen molar-refractivity contribution in [2.45, 2.75) is 161 Å². The molecule has 14 atom stereocenters. The Labute approximate surface area is 512 Å². The number of H-pyrrole nitrogens is 1. The molecule has 4 fully saturated rings. The smallest absolute Gasteiger partial charge is 0.354 e. The van der Waals surface area contributed by atoms with Crippen LogP contribution in [0.2, 0.25) is 0 Å². The molecule has 6 bridgehead atoms. The van der Waals surface area contributed by atoms with E-state index in [1.807, 2.05) is 13.0 Å². The molecule has 3 saturated heterocycles. The number of aliphatic carboxylic acids is 1. The van der Waals surface area contributed by atoms with Crippen LogP contribution in [0.3, 0.4) is 0 Å². The molecular formula is C65H67N3O22. The van der Waals surface area contributed by atoms with Crippen LogP contribution in [0.5, 0.6) is 23.0 Å². The van der Waals surface area contributed by atoms with Crippen molar-refractivity contribution < 1.29 is 104 Å². The van der Waals surface area contributed by atoms with E-state index in [4.69, 9.17) is 23.4 Å². The van der Waals surface area contributed by atoms with E-state index in [9.17, 15) is 80.8 Å². The lowest BCUT2D eigenvalue weighted by Crippen LogP contribution is -2.84. The number of rotatable bonds is 11. The van der Waals surface area contributed by atoms with Gasteiger partial charge in [0.25, 0.3) is 11.4 Å². The maximum atomic E-state index is 16.6. The number of aliphatic hydroxyl groups is 9. The van der Waals surface area contributed by atoms with Crippen molar-refractivity contribution in [1.29, 1.82) is 0 Å². The van der Waals surface area contributed by atoms with E-state index in [0.717, 1.165) is 24.1 Å². The van der Waals surface area contributed by atoms with E-state index in [1.54, 1.807) is 18.3 Å². The lowest BCUT2D eigenvalue weighted by atomic mass is 9.55. The van der Waals surface area contributed by atoms with Crippen molar-refractivity contribution in [2.75, 3.05) is 13.2 Å². The second-order valence-corrected chi connectivity index (χ2v) is 25.0. The Hall–Kier alpha value is -7.86. The molecule has 14 rings (SSSR count). The Bertz CT molecular complexity index is 4020. The lowest BCUT2D eigenvalue weighted by molar-refractivity contribution is -0.435. The maximum absolute atomic E-state index is 16.6. The number of carboxylic acid groups (broad SMARTS) is 1. The molecule has 1 saturated carbocycles. The summed E-state index contributed by atoms with van der Waals surface area (Å²) in [6, 6.07) is 6.36. The molecule has 0 radical (unpaired) electrons. The molecule has 90 heavy (non-hydrogen) atoms. The summed E-state index contributed by atoms with van der Waals surface area (Å²) in [5.74, 6) is -9.23. The minimum absolute atomic E-state index is 0.00664. The summed E-state index contributed by atoms with van der Waals surface area (Å²) in [6.07, 6.45) is -3.62. The number of nitrogens with one attached hydrogen (secondary N) is 3. The van der Waals surface area contributed by atoms with Gasteiger partial charge in [0.2, 0.25) is 17.2 Å². The molecule has 3 spiro atoms. The fraction of sp³-hybridized carbons (Fsp3) is 0.477. The standard InChI is InChI=1S/C65H67N3O22/c1-2-41-39(26-38-33-7-5-8-37(22-33)67-56(38)68-41)40-24-36-25-42-32(10-18-66-42)9-17-59(13-3-4-14-59)64(83)54(78)53(77)63(36,87-47-28-46-49(51(75)48(40)47)43(72)27-45(86-46)35-21-34(12-20-70)50(74)44(73)23-35)90-61(64)16-6-15-60(57(80)81)65(84,85)55(79)52(76)62(89-60,88-58(61)82)29-31(30-71)11-19-69/h5,8,10,18-19,21,23-24,26-28,31,33,37,40,52-56,66-68,70-71,73-79,83-85H,2-4,7,11-14,16,20,22,25,29-30H2,1H3,(H,80,81). The van der Waals surface area contributed by atoms with Crippen molar-refractivity contribution in [3.63, 3.8) is 0 Å². The van der Waals surface area contributed by atoms with Crippen LogP contribution in [0.1, 0.15) is 99.4 Å². The SMILES string of the molecule is CCC1=C(C2C=C3Cc4[nH]ccc4C#CC4(CCCC4)C4(O)C(O)C(O)C3(Oc3cc5oc(-c6cc(O)c(O)c(CCO)c6)cc(=O)c5c(O)c32)OC42CC#CC3(C(=O)O)OC(CC(CO)CC=O)(OC2=O)C(O)C(O)C3(O)O)C=C2C3CC=CC(C3)NC2N1. The summed E-state index contributed by atoms with van der Waals surface area (Å²) in [6.45, 7) is 0.488. The summed E-state index contributed by atoms with van der Waals surface area (Å²) < 4.78 is 33.2. The van der Waals surface area contributed by atoms with Gasteiger partial charge in [0.1, 0.15) is 46.7 Å². The van der Waals surface area contributed by atoms with E-state index >= 15 is 4.79 Å². The number of aldehydes is 1. The van der Waals surface area contributed by atoms with Crippen LogP contribution in [-0.2, 0) is 41.4 Å². The van der Waals surface area contributed by atoms with E-state index in [1.165, 1.54) is 12.1 Å². The maximum Gasteiger partial charge on any atom is 0.354 e. The topological polar surface area (TPSA) is 421 Å². The van der Waals surface area contributed by atoms with Gasteiger partial charge in [-0.1, -0.05) is 61.8 Å². The van der Waals surface area contributed by atoms with Gasteiger partial charge in [0, 0.05) is 102 Å². The molecule has 16 N–H and O–H groups in total. The Kier molecular flexibility index (Phi) is 14.7. The summed E-state index contributed by atoms with van der Waals surface area (Å²) in [7, 11) is 0. The second kappa shape index (κ2) is 21.7. The summed E-state index contributed by atoms with van der Waals surface area (Å²) in [5.41, 5.74) is -11.4. The zero-order valence-electron chi connectivity index (χ0n) is 48.4. The Morgan fingerprint density at radius 1 is 0.933 bits per heavy atom. The second-order valence-electron chi connectivity index (χ2n) is 25.0. The number of esters is 1. The number of carbonyl (C=O) groups excluding carboxylic acids is 2. The zero-order valence-corrected chi connectivity index (χ0v) is 48.4. The first kappa shape index (κ1) is 61.0. The highest BCUT2D eigenvalue weighted by Crippen LogP contribution is 2.63. The fourth-order valence-electron chi connectivity index (χ4n) is 15.4. The number of dihydropyridines is 1. The third-order valence-electron chi connectivity index (χ3n) is 20.1. The van der Waals surface area contributed by atoms with E-state index in [2.05, 4.69) is 51.5 Å². The molecular weight excluding hydrogens is 1170 g/mol. The van der Waals surface area contributed by atoms with Crippen molar-refractivity contribution in [2.24, 2.45) is 17.3 Å². The van der Waals surface area contributed by atoms with Crippen molar-refractivity contribution in [3.8, 4) is 58.0 Å². The number of piperidine rings is 1. The predicted octanol–water partition coefficient (Wildman–Crippen LogP) is 0.877.